The van der Waals surface area contributed by atoms with Gasteiger partial charge in [-0.2, -0.15) is 10.1 Å². The summed E-state index contributed by atoms with van der Waals surface area (Å²) in [5.41, 5.74) is 0.445. The van der Waals surface area contributed by atoms with E-state index >= 15 is 0 Å². The Morgan fingerprint density at radius 1 is 1.33 bits per heavy atom. The lowest BCUT2D eigenvalue weighted by Crippen LogP contribution is -1.83. The topological polar surface area (TPSA) is 116 Å². The van der Waals surface area contributed by atoms with Crippen molar-refractivity contribution in [1.29, 1.82) is 0 Å². The van der Waals surface area contributed by atoms with Gasteiger partial charge in [-0.1, -0.05) is 10.3 Å². The van der Waals surface area contributed by atoms with Gasteiger partial charge in [0, 0.05) is 13.2 Å². The number of H-pyrrole nitrogens is 1. The van der Waals surface area contributed by atoms with Crippen LogP contribution in [0.1, 0.15) is 5.76 Å². The molecule has 1 N–H and O–H groups in total. The van der Waals surface area contributed by atoms with Gasteiger partial charge in [0.15, 0.2) is 17.3 Å². The first-order valence-corrected chi connectivity index (χ1v) is 5.01. The van der Waals surface area contributed by atoms with Crippen LogP contribution >= 0.6 is 0 Å². The lowest BCUT2D eigenvalue weighted by molar-refractivity contribution is 0.156. The molecule has 9 nitrogen and oxygen atoms in total. The van der Waals surface area contributed by atoms with E-state index in [9.17, 15) is 0 Å². The average molecular weight is 248 g/mol. The van der Waals surface area contributed by atoms with Crippen molar-refractivity contribution in [3.8, 4) is 23.2 Å². The highest BCUT2D eigenvalue weighted by molar-refractivity contribution is 5.50. The van der Waals surface area contributed by atoms with Crippen LogP contribution in [0.2, 0.25) is 0 Å². The summed E-state index contributed by atoms with van der Waals surface area (Å²) in [6, 6.07) is 1.67. The largest absolute Gasteiger partial charge is 0.377 e. The fourth-order valence-corrected chi connectivity index (χ4v) is 1.36. The van der Waals surface area contributed by atoms with Crippen molar-refractivity contribution < 1.29 is 13.8 Å². The number of methoxy groups -OCH3 is 1. The SMILES string of the molecule is COCc1cc(-c2nc(-c3ncn[nH]3)no2)no1. The van der Waals surface area contributed by atoms with Crippen LogP contribution in [0.15, 0.2) is 21.4 Å². The van der Waals surface area contributed by atoms with E-state index < -0.39 is 0 Å². The van der Waals surface area contributed by atoms with Crippen LogP contribution in [0.5, 0.6) is 0 Å². The first kappa shape index (κ1) is 10.6. The lowest BCUT2D eigenvalue weighted by Gasteiger charge is -1.87. The highest BCUT2D eigenvalue weighted by Gasteiger charge is 2.16. The van der Waals surface area contributed by atoms with Crippen molar-refractivity contribution in [1.82, 2.24) is 30.5 Å². The van der Waals surface area contributed by atoms with E-state index in [0.717, 1.165) is 0 Å². The van der Waals surface area contributed by atoms with E-state index in [1.54, 1.807) is 13.2 Å². The van der Waals surface area contributed by atoms with Crippen LogP contribution in [-0.2, 0) is 11.3 Å². The summed E-state index contributed by atoms with van der Waals surface area (Å²) in [5, 5.41) is 13.9. The number of rotatable bonds is 4. The minimum absolute atomic E-state index is 0.243. The summed E-state index contributed by atoms with van der Waals surface area (Å²) in [5.74, 6) is 1.55. The highest BCUT2D eigenvalue weighted by Crippen LogP contribution is 2.19. The van der Waals surface area contributed by atoms with Crippen molar-refractivity contribution in [3.63, 3.8) is 0 Å². The second-order valence-corrected chi connectivity index (χ2v) is 3.37. The number of hydrogen-bond donors (Lipinski definition) is 1. The van der Waals surface area contributed by atoms with Gasteiger partial charge in [-0.25, -0.2) is 4.98 Å². The molecule has 0 radical (unpaired) electrons. The standard InChI is InChI=1S/C9H8N6O3/c1-16-3-5-2-6(14-17-5)9-12-8(15-18-9)7-10-4-11-13-7/h2,4H,3H2,1H3,(H,10,11,13). The van der Waals surface area contributed by atoms with Gasteiger partial charge in [-0.05, 0) is 0 Å². The Labute approximate surface area is 100 Å². The molecule has 0 atom stereocenters. The highest BCUT2D eigenvalue weighted by atomic mass is 16.5. The zero-order valence-electron chi connectivity index (χ0n) is 9.32. The molecule has 0 aliphatic carbocycles. The van der Waals surface area contributed by atoms with E-state index in [1.165, 1.54) is 6.33 Å². The van der Waals surface area contributed by atoms with Crippen molar-refractivity contribution in [3.05, 3.63) is 18.2 Å². The van der Waals surface area contributed by atoms with E-state index in [2.05, 4.69) is 30.5 Å². The Morgan fingerprint density at radius 2 is 2.28 bits per heavy atom. The maximum Gasteiger partial charge on any atom is 0.280 e. The van der Waals surface area contributed by atoms with Crippen molar-refractivity contribution in [2.24, 2.45) is 0 Å². The third-order valence-electron chi connectivity index (χ3n) is 2.12. The molecule has 0 saturated heterocycles. The number of aromatic amines is 1. The molecule has 18 heavy (non-hydrogen) atoms. The molecule has 92 valence electrons. The van der Waals surface area contributed by atoms with Gasteiger partial charge in [0.1, 0.15) is 12.9 Å². The lowest BCUT2D eigenvalue weighted by atomic mass is 10.4. The monoisotopic (exact) mass is 248 g/mol. The molecule has 0 unspecified atom stereocenters. The molecule has 0 aromatic carbocycles. The molecule has 9 heteroatoms. The van der Waals surface area contributed by atoms with Crippen molar-refractivity contribution in [2.75, 3.05) is 7.11 Å². The third kappa shape index (κ3) is 1.86. The van der Waals surface area contributed by atoms with Gasteiger partial charge in [-0.3, -0.25) is 5.10 Å². The van der Waals surface area contributed by atoms with E-state index in [4.69, 9.17) is 13.8 Å². The number of ether oxygens (including phenoxy) is 1. The molecular weight excluding hydrogens is 240 g/mol. The molecule has 0 fully saturated rings. The number of hydrogen-bond acceptors (Lipinski definition) is 8. The fraction of sp³-hybridized carbons (Fsp3) is 0.222. The molecule has 0 aliphatic heterocycles. The summed E-state index contributed by atoms with van der Waals surface area (Å²) in [4.78, 5) is 8.03. The molecule has 3 rings (SSSR count). The molecule has 0 aliphatic rings. The van der Waals surface area contributed by atoms with Crippen LogP contribution in [0.25, 0.3) is 23.2 Å². The number of nitrogens with one attached hydrogen (secondary N) is 1. The van der Waals surface area contributed by atoms with Gasteiger partial charge < -0.3 is 13.8 Å². The van der Waals surface area contributed by atoms with Gasteiger partial charge >= 0.3 is 0 Å². The normalized spacial score (nSPS) is 10.9. The number of nitrogens with zero attached hydrogens (tertiary/aromatic N) is 5. The molecule has 0 saturated carbocycles. The summed E-state index contributed by atoms with van der Waals surface area (Å²) in [7, 11) is 1.57. The Balaban J connectivity index is 1.88. The predicted molar refractivity (Wildman–Crippen MR) is 55.9 cm³/mol. The van der Waals surface area contributed by atoms with Gasteiger partial charge in [0.25, 0.3) is 5.89 Å². The van der Waals surface area contributed by atoms with Crippen molar-refractivity contribution in [2.45, 2.75) is 6.61 Å². The molecule has 3 heterocycles. The maximum absolute atomic E-state index is 5.05. The smallest absolute Gasteiger partial charge is 0.280 e. The Kier molecular flexibility index (Phi) is 2.57. The summed E-state index contributed by atoms with van der Waals surface area (Å²) in [6.45, 7) is 0.329. The zero-order valence-corrected chi connectivity index (χ0v) is 9.32. The van der Waals surface area contributed by atoms with E-state index in [1.807, 2.05) is 0 Å². The minimum Gasteiger partial charge on any atom is -0.377 e. The van der Waals surface area contributed by atoms with E-state index in [-0.39, 0.29) is 5.89 Å². The summed E-state index contributed by atoms with van der Waals surface area (Å²) in [6.07, 6.45) is 1.36. The molecular formula is C9H8N6O3. The van der Waals surface area contributed by atoms with Crippen molar-refractivity contribution >= 4 is 0 Å². The van der Waals surface area contributed by atoms with Crippen LogP contribution < -0.4 is 0 Å². The zero-order chi connectivity index (χ0) is 12.4. The van der Waals surface area contributed by atoms with Gasteiger partial charge in [0.05, 0.1) is 0 Å². The first-order valence-electron chi connectivity index (χ1n) is 5.01. The summed E-state index contributed by atoms with van der Waals surface area (Å²) >= 11 is 0. The molecule has 0 spiro atoms. The molecule has 3 aromatic heterocycles. The Hall–Kier alpha value is -2.55. The van der Waals surface area contributed by atoms with Gasteiger partial charge in [-0.15, -0.1) is 0 Å². The molecule has 0 amide bonds. The molecule has 3 aromatic rings. The number of aromatic nitrogens is 6. The third-order valence-corrected chi connectivity index (χ3v) is 2.12. The van der Waals surface area contributed by atoms with Crippen LogP contribution in [0, 0.1) is 0 Å². The quantitative estimate of drug-likeness (QED) is 0.715. The second-order valence-electron chi connectivity index (χ2n) is 3.37. The minimum atomic E-state index is 0.243. The first-order chi connectivity index (χ1) is 8.86. The second kappa shape index (κ2) is 4.37. The average Bonchev–Trinajstić information content (AvgIpc) is 3.10. The summed E-state index contributed by atoms with van der Waals surface area (Å²) < 4.78 is 15.0. The van der Waals surface area contributed by atoms with Crippen LogP contribution in [0.3, 0.4) is 0 Å². The van der Waals surface area contributed by atoms with Gasteiger partial charge in [0.2, 0.25) is 5.82 Å². The maximum atomic E-state index is 5.05. The fourth-order valence-electron chi connectivity index (χ4n) is 1.36. The van der Waals surface area contributed by atoms with Crippen LogP contribution in [-0.4, -0.2) is 37.6 Å². The predicted octanol–water partition coefficient (Wildman–Crippen LogP) is 0.656. The van der Waals surface area contributed by atoms with Crippen LogP contribution in [0.4, 0.5) is 0 Å². The molecule has 0 bridgehead atoms. The van der Waals surface area contributed by atoms with E-state index in [0.29, 0.717) is 29.7 Å². The Morgan fingerprint density at radius 3 is 3.06 bits per heavy atom. The Bertz CT molecular complexity index is 628.